The molecule has 1 fully saturated rings. The first kappa shape index (κ1) is 12.3. The molecule has 1 aromatic rings. The summed E-state index contributed by atoms with van der Waals surface area (Å²) >= 11 is 0. The zero-order valence-electron chi connectivity index (χ0n) is 11.1. The molecule has 1 aliphatic carbocycles. The monoisotopic (exact) mass is 233 g/mol. The molecule has 17 heavy (non-hydrogen) atoms. The van der Waals surface area contributed by atoms with Crippen LogP contribution in [0.2, 0.25) is 0 Å². The molecule has 0 aliphatic heterocycles. The van der Waals surface area contributed by atoms with Crippen molar-refractivity contribution >= 4 is 5.69 Å². The Morgan fingerprint density at radius 1 is 1.12 bits per heavy atom. The summed E-state index contributed by atoms with van der Waals surface area (Å²) in [6.07, 6.45) is 3.96. The summed E-state index contributed by atoms with van der Waals surface area (Å²) in [5.74, 6) is 2.37. The van der Waals surface area contributed by atoms with Crippen molar-refractivity contribution in [3.8, 4) is 5.75 Å². The Bertz CT molecular complexity index is 379. The third kappa shape index (κ3) is 3.15. The number of nitrogens with two attached hydrogens (primary N) is 1. The van der Waals surface area contributed by atoms with Crippen molar-refractivity contribution in [3.63, 3.8) is 0 Å². The van der Waals surface area contributed by atoms with Gasteiger partial charge in [-0.3, -0.25) is 0 Å². The second-order valence-corrected chi connectivity index (χ2v) is 5.70. The zero-order valence-corrected chi connectivity index (χ0v) is 11.1. The molecule has 2 atom stereocenters. The van der Waals surface area contributed by atoms with Crippen LogP contribution in [0.15, 0.2) is 18.2 Å². The average Bonchev–Trinajstić information content (AvgIpc) is 2.21. The Hall–Kier alpha value is -1.18. The lowest BCUT2D eigenvalue weighted by Crippen LogP contribution is -2.28. The van der Waals surface area contributed by atoms with E-state index >= 15 is 0 Å². The maximum absolute atomic E-state index is 6.06. The van der Waals surface area contributed by atoms with Crippen molar-refractivity contribution in [2.24, 2.45) is 11.8 Å². The largest absolute Gasteiger partial charge is 0.488 e. The number of ether oxygens (including phenoxy) is 1. The molecular weight excluding hydrogens is 210 g/mol. The lowest BCUT2D eigenvalue weighted by atomic mass is 9.82. The Kier molecular flexibility index (Phi) is 3.60. The molecule has 0 spiro atoms. The number of nitrogen functional groups attached to an aromatic ring is 1. The van der Waals surface area contributed by atoms with Gasteiger partial charge < -0.3 is 10.5 Å². The van der Waals surface area contributed by atoms with Gasteiger partial charge in [0.25, 0.3) is 0 Å². The molecule has 2 N–H and O–H groups in total. The smallest absolute Gasteiger partial charge is 0.142 e. The van der Waals surface area contributed by atoms with Crippen molar-refractivity contribution in [2.45, 2.75) is 46.1 Å². The molecule has 1 aromatic carbocycles. The first-order chi connectivity index (χ1) is 8.04. The van der Waals surface area contributed by atoms with Crippen LogP contribution in [0.1, 0.15) is 38.7 Å². The first-order valence-electron chi connectivity index (χ1n) is 6.57. The van der Waals surface area contributed by atoms with Gasteiger partial charge in [0.15, 0.2) is 0 Å². The molecule has 0 amide bonds. The molecule has 94 valence electrons. The van der Waals surface area contributed by atoms with Gasteiger partial charge in [-0.25, -0.2) is 0 Å². The predicted octanol–water partition coefficient (Wildman–Crippen LogP) is 3.78. The molecule has 2 unspecified atom stereocenters. The van der Waals surface area contributed by atoms with Crippen LogP contribution < -0.4 is 10.5 Å². The second kappa shape index (κ2) is 4.99. The van der Waals surface area contributed by atoms with E-state index in [0.717, 1.165) is 36.1 Å². The van der Waals surface area contributed by atoms with E-state index in [2.05, 4.69) is 19.9 Å². The van der Waals surface area contributed by atoms with Crippen LogP contribution in [0.25, 0.3) is 0 Å². The fourth-order valence-corrected chi connectivity index (χ4v) is 2.92. The topological polar surface area (TPSA) is 35.2 Å². The van der Waals surface area contributed by atoms with Gasteiger partial charge in [0.1, 0.15) is 5.75 Å². The zero-order chi connectivity index (χ0) is 12.4. The lowest BCUT2D eigenvalue weighted by molar-refractivity contribution is 0.102. The van der Waals surface area contributed by atoms with Crippen LogP contribution in [-0.2, 0) is 0 Å². The minimum Gasteiger partial charge on any atom is -0.488 e. The van der Waals surface area contributed by atoms with E-state index in [1.807, 2.05) is 19.1 Å². The standard InChI is InChI=1S/C15H23NO/c1-10-4-5-15(14(16)9-10)17-13-7-11(2)6-12(3)8-13/h4-5,9,11-13H,6-8,16H2,1-3H3. The molecule has 1 saturated carbocycles. The maximum atomic E-state index is 6.06. The third-order valence-electron chi connectivity index (χ3n) is 3.59. The SMILES string of the molecule is Cc1ccc(OC2CC(C)CC(C)C2)c(N)c1. The van der Waals surface area contributed by atoms with Crippen LogP contribution >= 0.6 is 0 Å². The van der Waals surface area contributed by atoms with Gasteiger partial charge in [-0.1, -0.05) is 19.9 Å². The van der Waals surface area contributed by atoms with E-state index in [-0.39, 0.29) is 0 Å². The van der Waals surface area contributed by atoms with E-state index in [1.54, 1.807) is 0 Å². The summed E-state index contributed by atoms with van der Waals surface area (Å²) < 4.78 is 6.06. The van der Waals surface area contributed by atoms with Crippen molar-refractivity contribution in [3.05, 3.63) is 23.8 Å². The number of hydrogen-bond acceptors (Lipinski definition) is 2. The molecule has 0 radical (unpaired) electrons. The highest BCUT2D eigenvalue weighted by atomic mass is 16.5. The first-order valence-corrected chi connectivity index (χ1v) is 6.57. The molecule has 2 nitrogen and oxygen atoms in total. The number of aryl methyl sites for hydroxylation is 1. The highest BCUT2D eigenvalue weighted by molar-refractivity contribution is 5.54. The van der Waals surface area contributed by atoms with E-state index in [9.17, 15) is 0 Å². The van der Waals surface area contributed by atoms with Crippen LogP contribution in [0, 0.1) is 18.8 Å². The summed E-state index contributed by atoms with van der Waals surface area (Å²) in [4.78, 5) is 0. The Morgan fingerprint density at radius 3 is 2.35 bits per heavy atom. The second-order valence-electron chi connectivity index (χ2n) is 5.70. The lowest BCUT2D eigenvalue weighted by Gasteiger charge is -2.32. The molecule has 2 rings (SSSR count). The van der Waals surface area contributed by atoms with Crippen molar-refractivity contribution in [1.82, 2.24) is 0 Å². The van der Waals surface area contributed by atoms with Gasteiger partial charge in [-0.05, 0) is 55.7 Å². The van der Waals surface area contributed by atoms with Crippen LogP contribution in [0.3, 0.4) is 0 Å². The van der Waals surface area contributed by atoms with Crippen LogP contribution in [0.4, 0.5) is 5.69 Å². The molecule has 0 aromatic heterocycles. The minimum absolute atomic E-state index is 0.332. The predicted molar refractivity (Wildman–Crippen MR) is 72.2 cm³/mol. The number of anilines is 1. The third-order valence-corrected chi connectivity index (χ3v) is 3.59. The highest BCUT2D eigenvalue weighted by Crippen LogP contribution is 2.33. The van der Waals surface area contributed by atoms with Gasteiger partial charge in [0.2, 0.25) is 0 Å². The molecule has 0 saturated heterocycles. The van der Waals surface area contributed by atoms with E-state index in [1.165, 1.54) is 12.0 Å². The van der Waals surface area contributed by atoms with E-state index < -0.39 is 0 Å². The molecule has 2 heteroatoms. The highest BCUT2D eigenvalue weighted by Gasteiger charge is 2.25. The van der Waals surface area contributed by atoms with E-state index in [4.69, 9.17) is 10.5 Å². The normalized spacial score (nSPS) is 29.0. The number of rotatable bonds is 2. The molecule has 1 aliphatic rings. The van der Waals surface area contributed by atoms with Gasteiger partial charge in [0.05, 0.1) is 11.8 Å². The number of benzene rings is 1. The average molecular weight is 233 g/mol. The van der Waals surface area contributed by atoms with Crippen molar-refractivity contribution in [2.75, 3.05) is 5.73 Å². The van der Waals surface area contributed by atoms with Gasteiger partial charge >= 0.3 is 0 Å². The summed E-state index contributed by atoms with van der Waals surface area (Å²) in [5, 5.41) is 0. The summed E-state index contributed by atoms with van der Waals surface area (Å²) in [7, 11) is 0. The summed E-state index contributed by atoms with van der Waals surface area (Å²) in [5.41, 5.74) is 7.92. The molecular formula is C15H23NO. The van der Waals surface area contributed by atoms with Gasteiger partial charge in [0, 0.05) is 0 Å². The Morgan fingerprint density at radius 2 is 1.76 bits per heavy atom. The molecule has 0 heterocycles. The Labute approximate surface area is 104 Å². The Balaban J connectivity index is 2.04. The van der Waals surface area contributed by atoms with Gasteiger partial charge in [-0.15, -0.1) is 0 Å². The van der Waals surface area contributed by atoms with Crippen molar-refractivity contribution in [1.29, 1.82) is 0 Å². The maximum Gasteiger partial charge on any atom is 0.142 e. The van der Waals surface area contributed by atoms with Crippen LogP contribution in [-0.4, -0.2) is 6.10 Å². The summed E-state index contributed by atoms with van der Waals surface area (Å²) in [6.45, 7) is 6.67. The fourth-order valence-electron chi connectivity index (χ4n) is 2.92. The number of hydrogen-bond donors (Lipinski definition) is 1. The quantitative estimate of drug-likeness (QED) is 0.789. The molecule has 0 bridgehead atoms. The minimum atomic E-state index is 0.332. The van der Waals surface area contributed by atoms with Crippen molar-refractivity contribution < 1.29 is 4.74 Å². The summed E-state index contributed by atoms with van der Waals surface area (Å²) in [6, 6.07) is 6.03. The van der Waals surface area contributed by atoms with Gasteiger partial charge in [-0.2, -0.15) is 0 Å². The van der Waals surface area contributed by atoms with E-state index in [0.29, 0.717) is 6.10 Å². The fraction of sp³-hybridized carbons (Fsp3) is 0.600. The van der Waals surface area contributed by atoms with Crippen LogP contribution in [0.5, 0.6) is 5.75 Å².